The number of carbonyl (C=O) groups excluding carboxylic acids is 4. The summed E-state index contributed by atoms with van der Waals surface area (Å²) in [7, 11) is -9.85. The number of phosphoric acid groups is 2. The van der Waals surface area contributed by atoms with Gasteiger partial charge in [0.15, 0.2) is 12.2 Å². The number of hydrogen-bond donors (Lipinski definition) is 3. The highest BCUT2D eigenvalue weighted by Crippen LogP contribution is 2.45. The lowest BCUT2D eigenvalue weighted by atomic mass is 10.1. The van der Waals surface area contributed by atoms with Crippen LogP contribution >= 0.6 is 15.6 Å². The van der Waals surface area contributed by atoms with E-state index in [0.29, 0.717) is 25.7 Å². The highest BCUT2D eigenvalue weighted by Gasteiger charge is 2.30. The summed E-state index contributed by atoms with van der Waals surface area (Å²) in [5, 5.41) is 10.4. The average Bonchev–Trinajstić information content (AvgIpc) is 3.35. The summed E-state index contributed by atoms with van der Waals surface area (Å²) in [5.74, 6) is -2.16. The molecule has 0 aliphatic carbocycles. The molecule has 0 spiro atoms. The SMILES string of the molecule is CCCCCCCCCCCC(=O)OC[C@H](COP(=O)(O)OC[C@@H](O)COP(=O)(O)OC[C@@H](COC(=O)CCCCCCCCC)OC(=O)CCCCCCCCC)OC(=O)CCCCCCCCCCC. The molecule has 0 aromatic rings. The first kappa shape index (κ1) is 70.1. The van der Waals surface area contributed by atoms with Gasteiger partial charge in [0.2, 0.25) is 0 Å². The molecule has 0 bridgehead atoms. The third-order valence-corrected chi connectivity index (χ3v) is 14.0. The largest absolute Gasteiger partial charge is 0.472 e. The van der Waals surface area contributed by atoms with Crippen molar-refractivity contribution in [2.75, 3.05) is 39.6 Å². The lowest BCUT2D eigenvalue weighted by molar-refractivity contribution is -0.161. The predicted molar refractivity (Wildman–Crippen MR) is 280 cm³/mol. The first-order valence-electron chi connectivity index (χ1n) is 28.3. The smallest absolute Gasteiger partial charge is 0.462 e. The Morgan fingerprint density at radius 1 is 0.333 bits per heavy atom. The monoisotopic (exact) mass is 1070 g/mol. The maximum Gasteiger partial charge on any atom is 0.472 e. The number of ether oxygens (including phenoxy) is 4. The second kappa shape index (κ2) is 48.7. The van der Waals surface area contributed by atoms with Crippen molar-refractivity contribution in [2.24, 2.45) is 0 Å². The summed E-state index contributed by atoms with van der Waals surface area (Å²) in [6.45, 7) is 4.69. The first-order valence-corrected chi connectivity index (χ1v) is 31.3. The van der Waals surface area contributed by atoms with Crippen LogP contribution in [0.25, 0.3) is 0 Å². The zero-order chi connectivity index (χ0) is 53.4. The minimum Gasteiger partial charge on any atom is -0.462 e. The molecule has 0 aliphatic rings. The highest BCUT2D eigenvalue weighted by molar-refractivity contribution is 7.47. The van der Waals surface area contributed by atoms with Crippen LogP contribution in [0.1, 0.15) is 259 Å². The molecule has 5 atom stereocenters. The molecule has 426 valence electrons. The summed E-state index contributed by atoms with van der Waals surface area (Å²) in [5.41, 5.74) is 0. The van der Waals surface area contributed by atoms with Crippen molar-refractivity contribution in [2.45, 2.75) is 277 Å². The lowest BCUT2D eigenvalue weighted by Crippen LogP contribution is -2.30. The quantitative estimate of drug-likeness (QED) is 0.0222. The third kappa shape index (κ3) is 47.8. The van der Waals surface area contributed by atoms with Gasteiger partial charge in [0.25, 0.3) is 0 Å². The summed E-state index contributed by atoms with van der Waals surface area (Å²) >= 11 is 0. The van der Waals surface area contributed by atoms with Crippen LogP contribution < -0.4 is 0 Å². The van der Waals surface area contributed by atoms with Gasteiger partial charge in [0, 0.05) is 25.7 Å². The molecule has 3 N–H and O–H groups in total. The van der Waals surface area contributed by atoms with Gasteiger partial charge in [-0.05, 0) is 25.7 Å². The zero-order valence-electron chi connectivity index (χ0n) is 45.4. The van der Waals surface area contributed by atoms with E-state index >= 15 is 0 Å². The van der Waals surface area contributed by atoms with Crippen molar-refractivity contribution in [1.82, 2.24) is 0 Å². The molecule has 0 aromatic carbocycles. The summed E-state index contributed by atoms with van der Waals surface area (Å²) in [4.78, 5) is 71.3. The Labute approximate surface area is 435 Å². The minimum atomic E-state index is -4.93. The highest BCUT2D eigenvalue weighted by atomic mass is 31.2. The topological polar surface area (TPSA) is 237 Å². The van der Waals surface area contributed by atoms with Crippen molar-refractivity contribution in [3.63, 3.8) is 0 Å². The molecule has 0 aliphatic heterocycles. The minimum absolute atomic E-state index is 0.103. The normalized spacial score (nSPS) is 14.5. The molecule has 19 heteroatoms. The zero-order valence-corrected chi connectivity index (χ0v) is 47.2. The van der Waals surface area contributed by atoms with Crippen LogP contribution in [0.3, 0.4) is 0 Å². The Morgan fingerprint density at radius 2 is 0.556 bits per heavy atom. The molecule has 0 saturated carbocycles. The fourth-order valence-corrected chi connectivity index (χ4v) is 9.27. The van der Waals surface area contributed by atoms with Crippen LogP contribution in [-0.4, -0.2) is 96.7 Å². The Hall–Kier alpha value is -1.94. The van der Waals surface area contributed by atoms with Crippen LogP contribution in [0.2, 0.25) is 0 Å². The Balaban J connectivity index is 5.18. The number of hydrogen-bond acceptors (Lipinski definition) is 15. The molecule has 0 rings (SSSR count). The molecule has 17 nitrogen and oxygen atoms in total. The van der Waals surface area contributed by atoms with E-state index in [0.717, 1.165) is 116 Å². The van der Waals surface area contributed by atoms with Gasteiger partial charge in [0.05, 0.1) is 26.4 Å². The predicted octanol–water partition coefficient (Wildman–Crippen LogP) is 13.6. The number of aliphatic hydroxyl groups is 1. The molecule has 0 radical (unpaired) electrons. The van der Waals surface area contributed by atoms with E-state index < -0.39 is 97.5 Å². The van der Waals surface area contributed by atoms with E-state index in [-0.39, 0.29) is 25.7 Å². The summed E-state index contributed by atoms with van der Waals surface area (Å²) in [6.07, 6.45) is 29.6. The molecule has 0 saturated heterocycles. The van der Waals surface area contributed by atoms with Crippen LogP contribution in [0.4, 0.5) is 0 Å². The summed E-state index contributed by atoms with van der Waals surface area (Å²) < 4.78 is 67.2. The average molecular weight is 1070 g/mol. The fraction of sp³-hybridized carbons (Fsp3) is 0.925. The van der Waals surface area contributed by atoms with Crippen LogP contribution in [0.5, 0.6) is 0 Å². The summed E-state index contributed by atoms with van der Waals surface area (Å²) in [6, 6.07) is 0. The van der Waals surface area contributed by atoms with Gasteiger partial charge in [-0.3, -0.25) is 37.3 Å². The maximum atomic E-state index is 12.8. The van der Waals surface area contributed by atoms with E-state index in [1.54, 1.807) is 0 Å². The van der Waals surface area contributed by atoms with Gasteiger partial charge >= 0.3 is 39.5 Å². The molecule has 72 heavy (non-hydrogen) atoms. The van der Waals surface area contributed by atoms with Crippen molar-refractivity contribution < 1.29 is 80.2 Å². The van der Waals surface area contributed by atoms with E-state index in [2.05, 4.69) is 27.7 Å². The molecule has 0 amide bonds. The van der Waals surface area contributed by atoms with Gasteiger partial charge in [-0.15, -0.1) is 0 Å². The number of phosphoric ester groups is 2. The molecule has 0 fully saturated rings. The number of esters is 4. The van der Waals surface area contributed by atoms with Gasteiger partial charge in [-0.1, -0.05) is 207 Å². The lowest BCUT2D eigenvalue weighted by Gasteiger charge is -2.21. The second-order valence-corrected chi connectivity index (χ2v) is 22.2. The fourth-order valence-electron chi connectivity index (χ4n) is 7.69. The number of aliphatic hydroxyl groups excluding tert-OH is 1. The Bertz CT molecular complexity index is 1420. The van der Waals surface area contributed by atoms with Crippen molar-refractivity contribution in [1.29, 1.82) is 0 Å². The van der Waals surface area contributed by atoms with Gasteiger partial charge in [-0.2, -0.15) is 0 Å². The van der Waals surface area contributed by atoms with Gasteiger partial charge in [0.1, 0.15) is 19.3 Å². The Kier molecular flexibility index (Phi) is 47.4. The standard InChI is InChI=1S/C53H102O17P2/c1-5-9-13-17-21-23-27-30-34-38-51(56)64-44-49(70-53(58)40-36-32-28-24-22-18-14-10-6-2)46-68-72(61,62)66-42-47(54)41-65-71(59,60)67-45-48(69-52(57)39-35-31-26-20-16-12-8-4)43-63-50(55)37-33-29-25-19-15-11-7-3/h47-49,54H,5-46H2,1-4H3,(H,59,60)(H,61,62)/t47-,48+,49+/m0/s1. The van der Waals surface area contributed by atoms with E-state index in [9.17, 15) is 43.2 Å². The number of unbranched alkanes of at least 4 members (excludes halogenated alkanes) is 28. The van der Waals surface area contributed by atoms with Crippen molar-refractivity contribution >= 4 is 39.5 Å². The number of rotatable bonds is 54. The van der Waals surface area contributed by atoms with Crippen LogP contribution in [0.15, 0.2) is 0 Å². The molecular formula is C53H102O17P2. The van der Waals surface area contributed by atoms with Crippen molar-refractivity contribution in [3.8, 4) is 0 Å². The second-order valence-electron chi connectivity index (χ2n) is 19.3. The first-order chi connectivity index (χ1) is 34.7. The van der Waals surface area contributed by atoms with E-state index in [1.807, 2.05) is 0 Å². The van der Waals surface area contributed by atoms with E-state index in [4.69, 9.17) is 37.0 Å². The Morgan fingerprint density at radius 3 is 0.819 bits per heavy atom. The van der Waals surface area contributed by atoms with Crippen LogP contribution in [0, 0.1) is 0 Å². The number of carbonyl (C=O) groups is 4. The van der Waals surface area contributed by atoms with Crippen LogP contribution in [-0.2, 0) is 65.4 Å². The van der Waals surface area contributed by atoms with Crippen molar-refractivity contribution in [3.05, 3.63) is 0 Å². The van der Waals surface area contributed by atoms with E-state index in [1.165, 1.54) is 64.2 Å². The molecule has 0 aromatic heterocycles. The molecule has 0 heterocycles. The van der Waals surface area contributed by atoms with Gasteiger partial charge in [-0.25, -0.2) is 9.13 Å². The molecule has 2 unspecified atom stereocenters. The maximum absolute atomic E-state index is 12.8. The van der Waals surface area contributed by atoms with Gasteiger partial charge < -0.3 is 33.8 Å². The molecular weight excluding hydrogens is 971 g/mol. The third-order valence-electron chi connectivity index (χ3n) is 12.1.